The van der Waals surface area contributed by atoms with Crippen LogP contribution in [0.25, 0.3) is 0 Å². The number of likely N-dealkylation sites (N-methyl/N-ethyl adjacent to an activating group) is 1. The quantitative estimate of drug-likeness (QED) is 0.838. The second-order valence-electron chi connectivity index (χ2n) is 4.52. The van der Waals surface area contributed by atoms with Crippen LogP contribution in [0, 0.1) is 0 Å². The maximum Gasteiger partial charge on any atom is 0.422 e. The number of aromatic nitrogens is 2. The van der Waals surface area contributed by atoms with E-state index in [9.17, 15) is 13.6 Å². The molecule has 0 saturated heterocycles. The van der Waals surface area contributed by atoms with Crippen LogP contribution in [0.1, 0.15) is 26.5 Å². The number of rotatable bonds is 2. The molecule has 0 aliphatic carbocycles. The van der Waals surface area contributed by atoms with Crippen LogP contribution in [0.2, 0.25) is 0 Å². The fourth-order valence-corrected chi connectivity index (χ4v) is 1.13. The molecule has 1 aromatic rings. The van der Waals surface area contributed by atoms with Crippen molar-refractivity contribution >= 4 is 5.91 Å². The van der Waals surface area contributed by atoms with Crippen molar-refractivity contribution in [3.63, 3.8) is 0 Å². The summed E-state index contributed by atoms with van der Waals surface area (Å²) < 4.78 is 27.3. The molecule has 1 N–H and O–H groups in total. The van der Waals surface area contributed by atoms with Crippen molar-refractivity contribution in [3.05, 3.63) is 18.0 Å². The van der Waals surface area contributed by atoms with Gasteiger partial charge in [-0.05, 0) is 6.07 Å². The lowest BCUT2D eigenvalue weighted by molar-refractivity contribution is -0.163. The summed E-state index contributed by atoms with van der Waals surface area (Å²) in [6, 6.07) is -2.17. The van der Waals surface area contributed by atoms with Gasteiger partial charge < -0.3 is 5.32 Å². The molecule has 1 aromatic heterocycles. The molecule has 1 heterocycles. The first-order valence-corrected chi connectivity index (χ1v) is 4.86. The molecule has 16 heavy (non-hydrogen) atoms. The molecule has 0 unspecified atom stereocenters. The molecule has 0 fully saturated rings. The van der Waals surface area contributed by atoms with Gasteiger partial charge in [0.1, 0.15) is 0 Å². The molecule has 0 bridgehead atoms. The fraction of sp³-hybridized carbons (Fsp3) is 0.600. The highest BCUT2D eigenvalue weighted by Crippen LogP contribution is 2.24. The third-order valence-corrected chi connectivity index (χ3v) is 2.15. The Morgan fingerprint density at radius 1 is 1.44 bits per heavy atom. The van der Waals surface area contributed by atoms with E-state index in [2.05, 4.69) is 5.10 Å². The van der Waals surface area contributed by atoms with Crippen molar-refractivity contribution in [2.45, 2.75) is 32.2 Å². The summed E-state index contributed by atoms with van der Waals surface area (Å²) in [5, 5.41) is 5.63. The summed E-state index contributed by atoms with van der Waals surface area (Å²) in [6.45, 7) is 5.58. The van der Waals surface area contributed by atoms with Crippen molar-refractivity contribution in [2.24, 2.45) is 0 Å². The van der Waals surface area contributed by atoms with Crippen LogP contribution in [0.3, 0.4) is 0 Å². The molecule has 4 nitrogen and oxygen atoms in total. The monoisotopic (exact) mass is 231 g/mol. The fourth-order valence-electron chi connectivity index (χ4n) is 1.13. The summed E-state index contributed by atoms with van der Waals surface area (Å²) in [5.41, 5.74) is 0.181. The van der Waals surface area contributed by atoms with E-state index in [1.807, 2.05) is 26.1 Å². The van der Waals surface area contributed by atoms with E-state index in [-0.39, 0.29) is 5.41 Å². The second-order valence-corrected chi connectivity index (χ2v) is 4.52. The third-order valence-electron chi connectivity index (χ3n) is 2.15. The summed E-state index contributed by atoms with van der Waals surface area (Å²) in [5.74, 6) is -1.38. The smallest absolute Gasteiger partial charge is 0.352 e. The normalized spacial score (nSPS) is 12.6. The molecule has 0 aliphatic rings. The number of nitrogens with one attached hydrogen (secondary N) is 1. The molecule has 0 radical (unpaired) electrons. The number of amides is 1. The van der Waals surface area contributed by atoms with Gasteiger partial charge in [-0.1, -0.05) is 20.8 Å². The minimum absolute atomic E-state index is 0.329. The Morgan fingerprint density at radius 3 is 2.38 bits per heavy atom. The molecule has 1 amide bonds. The van der Waals surface area contributed by atoms with Crippen LogP contribution in [0.15, 0.2) is 12.3 Å². The molecule has 1 rings (SSSR count). The predicted octanol–water partition coefficient (Wildman–Crippen LogP) is 1.48. The van der Waals surface area contributed by atoms with Crippen LogP contribution in [0.4, 0.5) is 8.78 Å². The zero-order valence-corrected chi connectivity index (χ0v) is 9.71. The Morgan fingerprint density at radius 2 is 2.00 bits per heavy atom. The van der Waals surface area contributed by atoms with Gasteiger partial charge in [0.15, 0.2) is 0 Å². The standard InChI is InChI=1S/C10H15F2N3O/c1-9(2,3)7-5-6-15(14-7)10(11,12)8(16)13-4/h5-6H,1-4H3,(H,13,16). The molecule has 90 valence electrons. The average molecular weight is 231 g/mol. The Balaban J connectivity index is 3.07. The Kier molecular flexibility index (Phi) is 3.03. The van der Waals surface area contributed by atoms with Crippen LogP contribution < -0.4 is 5.32 Å². The molecular weight excluding hydrogens is 216 g/mol. The minimum Gasteiger partial charge on any atom is -0.352 e. The molecule has 0 atom stereocenters. The van der Waals surface area contributed by atoms with Gasteiger partial charge in [0, 0.05) is 18.7 Å². The summed E-state index contributed by atoms with van der Waals surface area (Å²) in [4.78, 5) is 11.0. The SMILES string of the molecule is CNC(=O)C(F)(F)n1ccc(C(C)(C)C)n1. The molecule has 6 heteroatoms. The lowest BCUT2D eigenvalue weighted by Crippen LogP contribution is -2.41. The van der Waals surface area contributed by atoms with Gasteiger partial charge in [0.05, 0.1) is 5.69 Å². The number of halogens is 2. The van der Waals surface area contributed by atoms with Crippen molar-refractivity contribution in [1.82, 2.24) is 15.1 Å². The predicted molar refractivity (Wildman–Crippen MR) is 55.2 cm³/mol. The second kappa shape index (κ2) is 3.84. The topological polar surface area (TPSA) is 46.9 Å². The first-order chi connectivity index (χ1) is 7.19. The zero-order valence-electron chi connectivity index (χ0n) is 9.71. The van der Waals surface area contributed by atoms with E-state index in [1.54, 1.807) is 0 Å². The summed E-state index contributed by atoms with van der Waals surface area (Å²) in [7, 11) is 1.16. The van der Waals surface area contributed by atoms with Crippen LogP contribution in [0.5, 0.6) is 0 Å². The van der Waals surface area contributed by atoms with Crippen LogP contribution in [-0.4, -0.2) is 22.7 Å². The van der Waals surface area contributed by atoms with Crippen molar-refractivity contribution in [3.8, 4) is 0 Å². The lowest BCUT2D eigenvalue weighted by atomic mass is 9.93. The molecule has 0 aliphatic heterocycles. The van der Waals surface area contributed by atoms with Crippen molar-refractivity contribution < 1.29 is 13.6 Å². The van der Waals surface area contributed by atoms with E-state index >= 15 is 0 Å². The average Bonchev–Trinajstić information content (AvgIpc) is 2.64. The summed E-state index contributed by atoms with van der Waals surface area (Å²) in [6.07, 6.45) is 1.11. The lowest BCUT2D eigenvalue weighted by Gasteiger charge is -2.17. The van der Waals surface area contributed by atoms with Crippen molar-refractivity contribution in [2.75, 3.05) is 7.05 Å². The Labute approximate surface area is 92.6 Å². The first kappa shape index (κ1) is 12.6. The van der Waals surface area contributed by atoms with Gasteiger partial charge in [0.2, 0.25) is 0 Å². The van der Waals surface area contributed by atoms with E-state index in [1.165, 1.54) is 6.07 Å². The van der Waals surface area contributed by atoms with Crippen molar-refractivity contribution in [1.29, 1.82) is 0 Å². The Bertz CT molecular complexity index is 393. The highest BCUT2D eigenvalue weighted by molar-refractivity contribution is 5.80. The van der Waals surface area contributed by atoms with E-state index < -0.39 is 12.0 Å². The molecule has 0 spiro atoms. The van der Waals surface area contributed by atoms with Gasteiger partial charge in [0.25, 0.3) is 0 Å². The van der Waals surface area contributed by atoms with Gasteiger partial charge in [-0.2, -0.15) is 13.9 Å². The molecule has 0 saturated carbocycles. The number of hydrogen-bond donors (Lipinski definition) is 1. The molecule has 0 aromatic carbocycles. The highest BCUT2D eigenvalue weighted by Gasteiger charge is 2.41. The minimum atomic E-state index is -3.65. The van der Waals surface area contributed by atoms with Gasteiger partial charge in [-0.15, -0.1) is 0 Å². The first-order valence-electron chi connectivity index (χ1n) is 4.86. The number of nitrogens with zero attached hydrogens (tertiary/aromatic N) is 2. The molecular formula is C10H15F2N3O. The number of carbonyl (C=O) groups is 1. The van der Waals surface area contributed by atoms with E-state index in [0.29, 0.717) is 10.4 Å². The maximum absolute atomic E-state index is 13.4. The number of alkyl halides is 2. The van der Waals surface area contributed by atoms with Gasteiger partial charge >= 0.3 is 12.0 Å². The largest absolute Gasteiger partial charge is 0.422 e. The van der Waals surface area contributed by atoms with Crippen LogP contribution in [-0.2, 0) is 16.3 Å². The van der Waals surface area contributed by atoms with E-state index in [0.717, 1.165) is 13.2 Å². The van der Waals surface area contributed by atoms with Gasteiger partial charge in [-0.3, -0.25) is 4.79 Å². The summed E-state index contributed by atoms with van der Waals surface area (Å²) >= 11 is 0. The highest BCUT2D eigenvalue weighted by atomic mass is 19.3. The number of hydrogen-bond acceptors (Lipinski definition) is 2. The zero-order chi connectivity index (χ0) is 12.6. The maximum atomic E-state index is 13.4. The van der Waals surface area contributed by atoms with Crippen LogP contribution >= 0.6 is 0 Å². The Hall–Kier alpha value is -1.46. The third kappa shape index (κ3) is 2.20. The van der Waals surface area contributed by atoms with Gasteiger partial charge in [-0.25, -0.2) is 4.68 Å². The van der Waals surface area contributed by atoms with E-state index in [4.69, 9.17) is 0 Å². The number of carbonyl (C=O) groups excluding carboxylic acids is 1.